The lowest BCUT2D eigenvalue weighted by Crippen LogP contribution is -2.17. The predicted octanol–water partition coefficient (Wildman–Crippen LogP) is 2.90. The highest BCUT2D eigenvalue weighted by Gasteiger charge is 2.31. The minimum atomic E-state index is -4.66. The van der Waals surface area contributed by atoms with E-state index in [0.29, 0.717) is 12.3 Å². The van der Waals surface area contributed by atoms with Gasteiger partial charge in [-0.2, -0.15) is 0 Å². The zero-order valence-corrected chi connectivity index (χ0v) is 9.07. The lowest BCUT2D eigenvalue weighted by molar-refractivity contribution is -0.274. The highest BCUT2D eigenvalue weighted by atomic mass is 19.4. The number of halogens is 3. The molecule has 1 atom stereocenters. The fourth-order valence-corrected chi connectivity index (χ4v) is 1.72. The molecule has 0 aliphatic heterocycles. The largest absolute Gasteiger partial charge is 0.573 e. The average molecular weight is 246 g/mol. The summed E-state index contributed by atoms with van der Waals surface area (Å²) in [6.45, 7) is 0. The van der Waals surface area contributed by atoms with E-state index in [2.05, 4.69) is 4.74 Å². The van der Waals surface area contributed by atoms with Gasteiger partial charge in [0.1, 0.15) is 5.75 Å². The van der Waals surface area contributed by atoms with Crippen molar-refractivity contribution in [3.8, 4) is 5.75 Å². The van der Waals surface area contributed by atoms with Gasteiger partial charge in [0, 0.05) is 0 Å². The van der Waals surface area contributed by atoms with Crippen LogP contribution in [0.5, 0.6) is 5.75 Å². The molecule has 2 rings (SSSR count). The Hall–Kier alpha value is -1.23. The second-order valence-electron chi connectivity index (χ2n) is 4.30. The van der Waals surface area contributed by atoms with Crippen LogP contribution >= 0.6 is 0 Å². The van der Waals surface area contributed by atoms with Crippen LogP contribution in [0.2, 0.25) is 0 Å². The SMILES string of the molecule is OC(Cc1ccc(OC(F)(F)F)cc1)C1CC1. The summed E-state index contributed by atoms with van der Waals surface area (Å²) < 4.78 is 39.5. The molecule has 0 bridgehead atoms. The zero-order valence-electron chi connectivity index (χ0n) is 9.07. The van der Waals surface area contributed by atoms with E-state index in [1.54, 1.807) is 12.1 Å². The lowest BCUT2D eigenvalue weighted by Gasteiger charge is -2.11. The quantitative estimate of drug-likeness (QED) is 0.885. The van der Waals surface area contributed by atoms with Crippen molar-refractivity contribution in [1.29, 1.82) is 0 Å². The van der Waals surface area contributed by atoms with Crippen LogP contribution in [-0.4, -0.2) is 17.6 Å². The van der Waals surface area contributed by atoms with Crippen LogP contribution in [0.15, 0.2) is 24.3 Å². The Morgan fingerprint density at radius 2 is 1.82 bits per heavy atom. The van der Waals surface area contributed by atoms with Crippen molar-refractivity contribution in [2.24, 2.45) is 5.92 Å². The van der Waals surface area contributed by atoms with E-state index in [1.807, 2.05) is 0 Å². The first-order chi connectivity index (χ1) is 7.94. The monoisotopic (exact) mass is 246 g/mol. The van der Waals surface area contributed by atoms with E-state index in [0.717, 1.165) is 18.4 Å². The second kappa shape index (κ2) is 4.56. The number of benzene rings is 1. The number of hydrogen-bond acceptors (Lipinski definition) is 2. The highest BCUT2D eigenvalue weighted by molar-refractivity contribution is 5.28. The van der Waals surface area contributed by atoms with Crippen LogP contribution in [0.4, 0.5) is 13.2 Å². The summed E-state index contributed by atoms with van der Waals surface area (Å²) >= 11 is 0. The molecule has 1 saturated carbocycles. The minimum absolute atomic E-state index is 0.234. The van der Waals surface area contributed by atoms with Crippen LogP contribution in [0.1, 0.15) is 18.4 Å². The molecule has 1 aliphatic rings. The van der Waals surface area contributed by atoms with E-state index in [1.165, 1.54) is 12.1 Å². The van der Waals surface area contributed by atoms with Gasteiger partial charge in [-0.05, 0) is 42.9 Å². The molecule has 1 aromatic carbocycles. The van der Waals surface area contributed by atoms with Crippen LogP contribution < -0.4 is 4.74 Å². The Labute approximate surface area is 97.0 Å². The summed E-state index contributed by atoms with van der Waals surface area (Å²) in [4.78, 5) is 0. The van der Waals surface area contributed by atoms with Crippen molar-refractivity contribution in [3.63, 3.8) is 0 Å². The van der Waals surface area contributed by atoms with E-state index < -0.39 is 6.36 Å². The standard InChI is InChI=1S/C12H13F3O2/c13-12(14,15)17-10-5-1-8(2-6-10)7-11(16)9-3-4-9/h1-2,5-6,9,11,16H,3-4,7H2. The van der Waals surface area contributed by atoms with E-state index in [9.17, 15) is 18.3 Å². The zero-order chi connectivity index (χ0) is 12.5. The van der Waals surface area contributed by atoms with E-state index in [4.69, 9.17) is 0 Å². The van der Waals surface area contributed by atoms with Gasteiger partial charge in [-0.3, -0.25) is 0 Å². The first-order valence-electron chi connectivity index (χ1n) is 5.47. The summed E-state index contributed by atoms with van der Waals surface area (Å²) in [5.74, 6) is 0.128. The molecule has 1 unspecified atom stereocenters. The van der Waals surface area contributed by atoms with Crippen molar-refractivity contribution in [2.45, 2.75) is 31.7 Å². The van der Waals surface area contributed by atoms with Gasteiger partial charge in [0.05, 0.1) is 6.10 Å². The maximum Gasteiger partial charge on any atom is 0.573 e. The molecule has 2 nitrogen and oxygen atoms in total. The van der Waals surface area contributed by atoms with Crippen LogP contribution in [0.25, 0.3) is 0 Å². The smallest absolute Gasteiger partial charge is 0.406 e. The van der Waals surface area contributed by atoms with Crippen LogP contribution in [0.3, 0.4) is 0 Å². The van der Waals surface area contributed by atoms with Gasteiger partial charge in [-0.1, -0.05) is 12.1 Å². The first kappa shape index (κ1) is 12.2. The summed E-state index contributed by atoms with van der Waals surface area (Å²) in [5, 5.41) is 9.69. The minimum Gasteiger partial charge on any atom is -0.406 e. The molecular weight excluding hydrogens is 233 g/mol. The molecule has 0 aromatic heterocycles. The van der Waals surface area contributed by atoms with Crippen molar-refractivity contribution in [1.82, 2.24) is 0 Å². The maximum atomic E-state index is 11.9. The molecule has 17 heavy (non-hydrogen) atoms. The molecule has 5 heteroatoms. The third-order valence-corrected chi connectivity index (χ3v) is 2.77. The molecule has 0 amide bonds. The van der Waals surface area contributed by atoms with Crippen LogP contribution in [0, 0.1) is 5.92 Å². The fraction of sp³-hybridized carbons (Fsp3) is 0.500. The van der Waals surface area contributed by atoms with Gasteiger partial charge < -0.3 is 9.84 Å². The molecule has 0 heterocycles. The summed E-state index contributed by atoms with van der Waals surface area (Å²) in [7, 11) is 0. The number of rotatable bonds is 4. The third-order valence-electron chi connectivity index (χ3n) is 2.77. The van der Waals surface area contributed by atoms with Gasteiger partial charge in [-0.25, -0.2) is 0 Å². The van der Waals surface area contributed by atoms with Gasteiger partial charge in [-0.15, -0.1) is 13.2 Å². The Morgan fingerprint density at radius 3 is 2.29 bits per heavy atom. The van der Waals surface area contributed by atoms with E-state index >= 15 is 0 Å². The number of alkyl halides is 3. The average Bonchev–Trinajstić information content (AvgIpc) is 3.02. The molecule has 1 N–H and O–H groups in total. The Morgan fingerprint density at radius 1 is 1.24 bits per heavy atom. The van der Waals surface area contributed by atoms with Crippen molar-refractivity contribution in [3.05, 3.63) is 29.8 Å². The lowest BCUT2D eigenvalue weighted by atomic mass is 10.0. The summed E-state index contributed by atoms with van der Waals surface area (Å²) in [5.41, 5.74) is 0.818. The number of aliphatic hydroxyl groups is 1. The normalized spacial score (nSPS) is 17.9. The molecule has 0 radical (unpaired) electrons. The highest BCUT2D eigenvalue weighted by Crippen LogP contribution is 2.34. The van der Waals surface area contributed by atoms with Crippen molar-refractivity contribution in [2.75, 3.05) is 0 Å². The molecule has 1 fully saturated rings. The van der Waals surface area contributed by atoms with Crippen molar-refractivity contribution >= 4 is 0 Å². The van der Waals surface area contributed by atoms with Gasteiger partial charge >= 0.3 is 6.36 Å². The summed E-state index contributed by atoms with van der Waals surface area (Å²) in [6.07, 6.45) is -2.48. The molecule has 1 aromatic rings. The second-order valence-corrected chi connectivity index (χ2v) is 4.30. The molecule has 0 spiro atoms. The number of hydrogen-bond donors (Lipinski definition) is 1. The molecule has 0 saturated heterocycles. The first-order valence-corrected chi connectivity index (χ1v) is 5.47. The Bertz CT molecular complexity index is 368. The molecular formula is C12H13F3O2. The topological polar surface area (TPSA) is 29.5 Å². The summed E-state index contributed by atoms with van der Waals surface area (Å²) in [6, 6.07) is 5.63. The van der Waals surface area contributed by atoms with Gasteiger partial charge in [0.25, 0.3) is 0 Å². The van der Waals surface area contributed by atoms with Crippen molar-refractivity contribution < 1.29 is 23.0 Å². The molecule has 1 aliphatic carbocycles. The van der Waals surface area contributed by atoms with Gasteiger partial charge in [0.15, 0.2) is 0 Å². The van der Waals surface area contributed by atoms with Crippen LogP contribution in [-0.2, 0) is 6.42 Å². The predicted molar refractivity (Wildman–Crippen MR) is 55.6 cm³/mol. The Kier molecular flexibility index (Phi) is 3.28. The number of ether oxygens (including phenoxy) is 1. The fourth-order valence-electron chi connectivity index (χ4n) is 1.72. The van der Waals surface area contributed by atoms with E-state index in [-0.39, 0.29) is 11.9 Å². The third kappa shape index (κ3) is 3.93. The van der Waals surface area contributed by atoms with Gasteiger partial charge in [0.2, 0.25) is 0 Å². The number of aliphatic hydroxyl groups excluding tert-OH is 1. The Balaban J connectivity index is 1.92. The maximum absolute atomic E-state index is 11.9. The molecule has 94 valence electrons.